The minimum atomic E-state index is -0.629. The number of carbonyl (C=O) groups excluding carboxylic acids is 1. The maximum absolute atomic E-state index is 13.6. The predicted octanol–water partition coefficient (Wildman–Crippen LogP) is 2.07. The number of primary amides is 1. The maximum Gasteiger partial charge on any atom is 0.256 e. The number of amides is 1. The lowest BCUT2D eigenvalue weighted by molar-refractivity contribution is 0.0999. The third-order valence-electron chi connectivity index (χ3n) is 3.83. The van der Waals surface area contributed by atoms with Gasteiger partial charge in [0.1, 0.15) is 17.4 Å². The molecule has 7 heteroatoms. The molecule has 0 radical (unpaired) electrons. The first-order chi connectivity index (χ1) is 12.5. The summed E-state index contributed by atoms with van der Waals surface area (Å²) in [7, 11) is 1.48. The molecule has 1 aromatic carbocycles. The molecule has 0 aliphatic carbocycles. The first-order valence-electron chi connectivity index (χ1n) is 7.77. The molecule has 0 atom stereocenters. The predicted molar refractivity (Wildman–Crippen MR) is 94.1 cm³/mol. The van der Waals surface area contributed by atoms with E-state index in [0.717, 1.165) is 11.1 Å². The molecule has 6 nitrogen and oxygen atoms in total. The van der Waals surface area contributed by atoms with Crippen LogP contribution in [0.15, 0.2) is 59.7 Å². The van der Waals surface area contributed by atoms with Crippen molar-refractivity contribution in [2.45, 2.75) is 6.42 Å². The standard InChI is InChI=1S/C19H16FN3O3/c1-26-16-8-13(7-15(20)9-16)6-12-2-4-17(22-10-12)23-11-14(19(21)25)3-5-18(23)24/h2-5,7-11H,6H2,1H3,(H2,21,25). The molecule has 0 spiro atoms. The molecule has 2 N–H and O–H groups in total. The van der Waals surface area contributed by atoms with Gasteiger partial charge in [0.2, 0.25) is 5.91 Å². The molecule has 3 aromatic rings. The van der Waals surface area contributed by atoms with E-state index >= 15 is 0 Å². The first kappa shape index (κ1) is 17.3. The molecule has 0 fully saturated rings. The van der Waals surface area contributed by atoms with Gasteiger partial charge >= 0.3 is 0 Å². The Morgan fingerprint density at radius 1 is 1.19 bits per heavy atom. The van der Waals surface area contributed by atoms with E-state index in [1.807, 2.05) is 0 Å². The van der Waals surface area contributed by atoms with Crippen LogP contribution >= 0.6 is 0 Å². The fourth-order valence-electron chi connectivity index (χ4n) is 2.55. The van der Waals surface area contributed by atoms with Crippen molar-refractivity contribution in [1.82, 2.24) is 9.55 Å². The normalized spacial score (nSPS) is 10.5. The molecular formula is C19H16FN3O3. The van der Waals surface area contributed by atoms with Crippen LogP contribution in [0.5, 0.6) is 5.75 Å². The number of benzene rings is 1. The summed E-state index contributed by atoms with van der Waals surface area (Å²) in [6.07, 6.45) is 3.40. The number of halogens is 1. The van der Waals surface area contributed by atoms with Crippen molar-refractivity contribution < 1.29 is 13.9 Å². The van der Waals surface area contributed by atoms with Crippen molar-refractivity contribution >= 4 is 5.91 Å². The molecule has 1 amide bonds. The zero-order valence-corrected chi connectivity index (χ0v) is 14.0. The molecule has 132 valence electrons. The van der Waals surface area contributed by atoms with E-state index in [1.165, 1.54) is 42.1 Å². The average Bonchev–Trinajstić information content (AvgIpc) is 2.62. The number of rotatable bonds is 5. The maximum atomic E-state index is 13.6. The van der Waals surface area contributed by atoms with Crippen molar-refractivity contribution in [3.05, 3.63) is 87.7 Å². The summed E-state index contributed by atoms with van der Waals surface area (Å²) in [6, 6.07) is 10.5. The number of nitrogens with two attached hydrogens (primary N) is 1. The lowest BCUT2D eigenvalue weighted by atomic mass is 10.1. The lowest BCUT2D eigenvalue weighted by Crippen LogP contribution is -2.21. The van der Waals surface area contributed by atoms with Crippen molar-refractivity contribution in [3.63, 3.8) is 0 Å². The highest BCUT2D eigenvalue weighted by atomic mass is 19.1. The van der Waals surface area contributed by atoms with E-state index in [0.29, 0.717) is 18.0 Å². The summed E-state index contributed by atoms with van der Waals surface area (Å²) in [5.41, 5.74) is 6.70. The molecule has 0 saturated heterocycles. The molecule has 3 rings (SSSR count). The van der Waals surface area contributed by atoms with Crippen LogP contribution in [0.2, 0.25) is 0 Å². The minimum absolute atomic E-state index is 0.210. The Labute approximate surface area is 148 Å². The van der Waals surface area contributed by atoms with Gasteiger partial charge in [-0.2, -0.15) is 0 Å². The van der Waals surface area contributed by atoms with E-state index in [-0.39, 0.29) is 16.9 Å². The molecule has 0 unspecified atom stereocenters. The Morgan fingerprint density at radius 3 is 2.65 bits per heavy atom. The number of carbonyl (C=O) groups is 1. The Morgan fingerprint density at radius 2 is 2.00 bits per heavy atom. The minimum Gasteiger partial charge on any atom is -0.497 e. The zero-order chi connectivity index (χ0) is 18.7. The zero-order valence-electron chi connectivity index (χ0n) is 14.0. The molecule has 0 bridgehead atoms. The Bertz CT molecular complexity index is 1010. The molecule has 2 aromatic heterocycles. The second kappa shape index (κ2) is 7.18. The van der Waals surface area contributed by atoms with E-state index in [2.05, 4.69) is 4.98 Å². The van der Waals surface area contributed by atoms with Crippen molar-refractivity contribution in [1.29, 1.82) is 0 Å². The largest absolute Gasteiger partial charge is 0.497 e. The number of pyridine rings is 2. The Hall–Kier alpha value is -3.48. The number of aromatic nitrogens is 2. The number of ether oxygens (including phenoxy) is 1. The van der Waals surface area contributed by atoms with Gasteiger partial charge in [0.05, 0.1) is 12.7 Å². The Kier molecular flexibility index (Phi) is 4.79. The fourth-order valence-corrected chi connectivity index (χ4v) is 2.55. The van der Waals surface area contributed by atoms with Gasteiger partial charge in [-0.05, 0) is 41.8 Å². The van der Waals surface area contributed by atoms with Crippen LogP contribution < -0.4 is 16.0 Å². The molecule has 26 heavy (non-hydrogen) atoms. The monoisotopic (exact) mass is 353 g/mol. The van der Waals surface area contributed by atoms with Crippen molar-refractivity contribution in [2.24, 2.45) is 5.73 Å². The van der Waals surface area contributed by atoms with Gasteiger partial charge < -0.3 is 10.5 Å². The second-order valence-electron chi connectivity index (χ2n) is 5.69. The van der Waals surface area contributed by atoms with Crippen LogP contribution in [-0.4, -0.2) is 22.6 Å². The highest BCUT2D eigenvalue weighted by molar-refractivity contribution is 5.92. The molecule has 0 aliphatic rings. The number of hydrogen-bond donors (Lipinski definition) is 1. The summed E-state index contributed by atoms with van der Waals surface area (Å²) in [4.78, 5) is 27.5. The molecule has 2 heterocycles. The van der Waals surface area contributed by atoms with Crippen LogP contribution in [0.3, 0.4) is 0 Å². The Balaban J connectivity index is 1.88. The molecule has 0 saturated carbocycles. The van der Waals surface area contributed by atoms with Crippen LogP contribution in [0.4, 0.5) is 4.39 Å². The first-order valence-corrected chi connectivity index (χ1v) is 7.77. The topological polar surface area (TPSA) is 87.2 Å². The van der Waals surface area contributed by atoms with E-state index in [9.17, 15) is 14.0 Å². The van der Waals surface area contributed by atoms with Crippen LogP contribution in [0.25, 0.3) is 5.82 Å². The summed E-state index contributed by atoms with van der Waals surface area (Å²) < 4.78 is 19.9. The lowest BCUT2D eigenvalue weighted by Gasteiger charge is -2.08. The molecule has 0 aliphatic heterocycles. The van der Waals surface area contributed by atoms with Gasteiger partial charge in [0.25, 0.3) is 5.56 Å². The van der Waals surface area contributed by atoms with Crippen LogP contribution in [0.1, 0.15) is 21.5 Å². The van der Waals surface area contributed by atoms with Crippen LogP contribution in [-0.2, 0) is 6.42 Å². The number of nitrogens with zero attached hydrogens (tertiary/aromatic N) is 2. The molecular weight excluding hydrogens is 337 g/mol. The highest BCUT2D eigenvalue weighted by Crippen LogP contribution is 2.19. The number of hydrogen-bond acceptors (Lipinski definition) is 4. The summed E-state index contributed by atoms with van der Waals surface area (Å²) in [6.45, 7) is 0. The van der Waals surface area contributed by atoms with E-state index in [4.69, 9.17) is 10.5 Å². The summed E-state index contributed by atoms with van der Waals surface area (Å²) in [5, 5.41) is 0. The SMILES string of the molecule is COc1cc(F)cc(Cc2ccc(-n3cc(C(N)=O)ccc3=O)nc2)c1. The van der Waals surface area contributed by atoms with Gasteiger partial charge in [0, 0.05) is 24.5 Å². The summed E-state index contributed by atoms with van der Waals surface area (Å²) >= 11 is 0. The van der Waals surface area contributed by atoms with Crippen LogP contribution in [0, 0.1) is 5.82 Å². The summed E-state index contributed by atoms with van der Waals surface area (Å²) in [5.74, 6) is -0.202. The van der Waals surface area contributed by atoms with Gasteiger partial charge in [-0.1, -0.05) is 6.07 Å². The third-order valence-corrected chi connectivity index (χ3v) is 3.83. The van der Waals surface area contributed by atoms with Gasteiger partial charge in [-0.15, -0.1) is 0 Å². The smallest absolute Gasteiger partial charge is 0.256 e. The quantitative estimate of drug-likeness (QED) is 0.761. The number of methoxy groups -OCH3 is 1. The van der Waals surface area contributed by atoms with Crippen molar-refractivity contribution in [2.75, 3.05) is 7.11 Å². The van der Waals surface area contributed by atoms with E-state index in [1.54, 1.807) is 24.4 Å². The highest BCUT2D eigenvalue weighted by Gasteiger charge is 2.07. The third kappa shape index (κ3) is 3.77. The van der Waals surface area contributed by atoms with Crippen molar-refractivity contribution in [3.8, 4) is 11.6 Å². The fraction of sp³-hybridized carbons (Fsp3) is 0.105. The van der Waals surface area contributed by atoms with Gasteiger partial charge in [-0.25, -0.2) is 9.37 Å². The van der Waals surface area contributed by atoms with Gasteiger partial charge in [-0.3, -0.25) is 14.2 Å². The second-order valence-corrected chi connectivity index (χ2v) is 5.69. The average molecular weight is 353 g/mol. The van der Waals surface area contributed by atoms with Gasteiger partial charge in [0.15, 0.2) is 0 Å². The van der Waals surface area contributed by atoms with E-state index < -0.39 is 5.91 Å².